The van der Waals surface area contributed by atoms with Crippen molar-refractivity contribution in [1.82, 2.24) is 10.2 Å². The number of hydrogen-bond acceptors (Lipinski definition) is 2. The van der Waals surface area contributed by atoms with Gasteiger partial charge in [-0.05, 0) is 62.4 Å². The summed E-state index contributed by atoms with van der Waals surface area (Å²) in [5, 5.41) is 3.11. The lowest BCUT2D eigenvalue weighted by molar-refractivity contribution is 0.0943. The summed E-state index contributed by atoms with van der Waals surface area (Å²) in [5.41, 5.74) is 2.10. The molecule has 1 aliphatic heterocycles. The van der Waals surface area contributed by atoms with Crippen LogP contribution in [0.5, 0.6) is 0 Å². The zero-order chi connectivity index (χ0) is 15.2. The fourth-order valence-electron chi connectivity index (χ4n) is 3.69. The molecule has 1 N–H and O–H groups in total. The van der Waals surface area contributed by atoms with Gasteiger partial charge in [-0.1, -0.05) is 31.4 Å². The van der Waals surface area contributed by atoms with Gasteiger partial charge in [0.15, 0.2) is 0 Å². The van der Waals surface area contributed by atoms with Gasteiger partial charge in [0.25, 0.3) is 5.91 Å². The number of benzene rings is 1. The third kappa shape index (κ3) is 4.33. The summed E-state index contributed by atoms with van der Waals surface area (Å²) in [6.07, 6.45) is 9.20. The molecule has 1 aromatic rings. The van der Waals surface area contributed by atoms with Gasteiger partial charge < -0.3 is 5.32 Å². The molecule has 1 saturated carbocycles. The molecule has 3 heteroatoms. The summed E-state index contributed by atoms with van der Waals surface area (Å²) in [4.78, 5) is 14.7. The van der Waals surface area contributed by atoms with Crippen molar-refractivity contribution in [2.45, 2.75) is 51.5 Å². The number of amides is 1. The molecule has 3 nitrogen and oxygen atoms in total. The zero-order valence-electron chi connectivity index (χ0n) is 13.5. The van der Waals surface area contributed by atoms with Gasteiger partial charge in [0.05, 0.1) is 0 Å². The highest BCUT2D eigenvalue weighted by molar-refractivity contribution is 5.94. The topological polar surface area (TPSA) is 32.3 Å². The second-order valence-corrected chi connectivity index (χ2v) is 6.89. The van der Waals surface area contributed by atoms with E-state index in [9.17, 15) is 4.79 Å². The molecule has 22 heavy (non-hydrogen) atoms. The van der Waals surface area contributed by atoms with E-state index in [1.807, 2.05) is 12.1 Å². The molecule has 0 radical (unpaired) electrons. The van der Waals surface area contributed by atoms with Crippen LogP contribution >= 0.6 is 0 Å². The van der Waals surface area contributed by atoms with E-state index in [-0.39, 0.29) is 5.91 Å². The standard InChI is InChI=1S/C19H28N2O/c22-19(20-14-16-6-2-1-3-7-16)18-10-8-17(9-11-18)15-21-12-4-5-13-21/h8-11,16H,1-7,12-15H2,(H,20,22). The second-order valence-electron chi connectivity index (χ2n) is 6.89. The SMILES string of the molecule is O=C(NCC1CCCCC1)c1ccc(CN2CCCC2)cc1. The van der Waals surface area contributed by atoms with E-state index in [2.05, 4.69) is 22.3 Å². The van der Waals surface area contributed by atoms with E-state index in [0.717, 1.165) is 18.7 Å². The van der Waals surface area contributed by atoms with Crippen molar-refractivity contribution >= 4 is 5.91 Å². The Hall–Kier alpha value is -1.35. The highest BCUT2D eigenvalue weighted by Gasteiger charge is 2.15. The van der Waals surface area contributed by atoms with Crippen molar-refractivity contribution in [1.29, 1.82) is 0 Å². The van der Waals surface area contributed by atoms with E-state index in [0.29, 0.717) is 5.92 Å². The van der Waals surface area contributed by atoms with Crippen molar-refractivity contribution in [3.8, 4) is 0 Å². The maximum absolute atomic E-state index is 12.2. The molecule has 1 amide bonds. The predicted octanol–water partition coefficient (Wildman–Crippen LogP) is 3.59. The van der Waals surface area contributed by atoms with Gasteiger partial charge >= 0.3 is 0 Å². The number of nitrogens with zero attached hydrogens (tertiary/aromatic N) is 1. The van der Waals surface area contributed by atoms with Gasteiger partial charge in [0.2, 0.25) is 0 Å². The Morgan fingerprint density at radius 1 is 1.00 bits per heavy atom. The van der Waals surface area contributed by atoms with Crippen LogP contribution in [0.15, 0.2) is 24.3 Å². The molecule has 0 bridgehead atoms. The molecular weight excluding hydrogens is 272 g/mol. The van der Waals surface area contributed by atoms with Gasteiger partial charge in [-0.25, -0.2) is 0 Å². The summed E-state index contributed by atoms with van der Waals surface area (Å²) in [5.74, 6) is 0.769. The minimum Gasteiger partial charge on any atom is -0.352 e. The maximum Gasteiger partial charge on any atom is 0.251 e. The number of nitrogens with one attached hydrogen (secondary N) is 1. The molecule has 1 aliphatic carbocycles. The van der Waals surface area contributed by atoms with Crippen molar-refractivity contribution in [3.05, 3.63) is 35.4 Å². The lowest BCUT2D eigenvalue weighted by Crippen LogP contribution is -2.30. The van der Waals surface area contributed by atoms with Crippen molar-refractivity contribution in [2.75, 3.05) is 19.6 Å². The minimum absolute atomic E-state index is 0.0818. The molecule has 0 atom stereocenters. The van der Waals surface area contributed by atoms with Crippen LogP contribution in [0.25, 0.3) is 0 Å². The molecule has 1 aromatic carbocycles. The average Bonchev–Trinajstić information content (AvgIpc) is 3.07. The Balaban J connectivity index is 1.47. The van der Waals surface area contributed by atoms with Crippen molar-refractivity contribution < 1.29 is 4.79 Å². The average molecular weight is 300 g/mol. The number of rotatable bonds is 5. The fraction of sp³-hybridized carbons (Fsp3) is 0.632. The zero-order valence-corrected chi connectivity index (χ0v) is 13.5. The monoisotopic (exact) mass is 300 g/mol. The van der Waals surface area contributed by atoms with E-state index in [4.69, 9.17) is 0 Å². The Morgan fingerprint density at radius 2 is 1.68 bits per heavy atom. The largest absolute Gasteiger partial charge is 0.352 e. The predicted molar refractivity (Wildman–Crippen MR) is 89.9 cm³/mol. The summed E-state index contributed by atoms with van der Waals surface area (Å²) < 4.78 is 0. The van der Waals surface area contributed by atoms with E-state index < -0.39 is 0 Å². The molecule has 1 heterocycles. The number of hydrogen-bond donors (Lipinski definition) is 1. The van der Waals surface area contributed by atoms with Crippen LogP contribution in [-0.4, -0.2) is 30.4 Å². The molecule has 1 saturated heterocycles. The van der Waals surface area contributed by atoms with Gasteiger partial charge in [-0.15, -0.1) is 0 Å². The quantitative estimate of drug-likeness (QED) is 0.901. The molecule has 0 aromatic heterocycles. The van der Waals surface area contributed by atoms with Crippen LogP contribution in [0, 0.1) is 5.92 Å². The van der Waals surface area contributed by atoms with Crippen LogP contribution in [-0.2, 0) is 6.54 Å². The smallest absolute Gasteiger partial charge is 0.251 e. The number of likely N-dealkylation sites (tertiary alicyclic amines) is 1. The first-order valence-electron chi connectivity index (χ1n) is 8.91. The summed E-state index contributed by atoms with van der Waals surface area (Å²) in [6, 6.07) is 8.16. The summed E-state index contributed by atoms with van der Waals surface area (Å²) in [6.45, 7) is 4.28. The fourth-order valence-corrected chi connectivity index (χ4v) is 3.69. The van der Waals surface area contributed by atoms with Crippen LogP contribution in [0.3, 0.4) is 0 Å². The molecule has 120 valence electrons. The van der Waals surface area contributed by atoms with Gasteiger partial charge in [0, 0.05) is 18.7 Å². The summed E-state index contributed by atoms with van der Waals surface area (Å²) in [7, 11) is 0. The molecule has 2 aliphatic rings. The Morgan fingerprint density at radius 3 is 2.36 bits per heavy atom. The van der Waals surface area contributed by atoms with Gasteiger partial charge in [0.1, 0.15) is 0 Å². The van der Waals surface area contributed by atoms with Gasteiger partial charge in [-0.3, -0.25) is 9.69 Å². The molecule has 0 spiro atoms. The highest BCUT2D eigenvalue weighted by atomic mass is 16.1. The van der Waals surface area contributed by atoms with E-state index >= 15 is 0 Å². The Kier molecular flexibility index (Phi) is 5.49. The second kappa shape index (κ2) is 7.77. The first-order valence-corrected chi connectivity index (χ1v) is 8.91. The number of carbonyl (C=O) groups is 1. The maximum atomic E-state index is 12.2. The molecular formula is C19H28N2O. The number of carbonyl (C=O) groups excluding carboxylic acids is 1. The first-order chi connectivity index (χ1) is 10.8. The lowest BCUT2D eigenvalue weighted by Gasteiger charge is -2.21. The van der Waals surface area contributed by atoms with Crippen molar-refractivity contribution in [2.24, 2.45) is 5.92 Å². The highest BCUT2D eigenvalue weighted by Crippen LogP contribution is 2.22. The van der Waals surface area contributed by atoms with Crippen LogP contribution in [0.2, 0.25) is 0 Å². The van der Waals surface area contributed by atoms with Crippen LogP contribution in [0.4, 0.5) is 0 Å². The lowest BCUT2D eigenvalue weighted by atomic mass is 9.89. The van der Waals surface area contributed by atoms with E-state index in [1.54, 1.807) is 0 Å². The third-order valence-corrected chi connectivity index (χ3v) is 5.10. The van der Waals surface area contributed by atoms with Crippen molar-refractivity contribution in [3.63, 3.8) is 0 Å². The van der Waals surface area contributed by atoms with Crippen LogP contribution < -0.4 is 5.32 Å². The molecule has 3 rings (SSSR count). The normalized spacial score (nSPS) is 20.2. The van der Waals surface area contributed by atoms with E-state index in [1.165, 1.54) is 63.6 Å². The van der Waals surface area contributed by atoms with Gasteiger partial charge in [-0.2, -0.15) is 0 Å². The Labute approximate surface area is 134 Å². The Bertz CT molecular complexity index is 471. The third-order valence-electron chi connectivity index (χ3n) is 5.10. The van der Waals surface area contributed by atoms with Crippen LogP contribution in [0.1, 0.15) is 60.9 Å². The summed E-state index contributed by atoms with van der Waals surface area (Å²) >= 11 is 0. The first kappa shape index (κ1) is 15.5. The minimum atomic E-state index is 0.0818. The molecule has 0 unspecified atom stereocenters. The molecule has 2 fully saturated rings.